The van der Waals surface area contributed by atoms with Gasteiger partial charge in [-0.05, 0) is 87.2 Å². The Bertz CT molecular complexity index is 339. The van der Waals surface area contributed by atoms with Crippen LogP contribution in [0, 0.1) is 23.7 Å². The zero-order valence-electron chi connectivity index (χ0n) is 12.8. The van der Waals surface area contributed by atoms with Gasteiger partial charge in [-0.3, -0.25) is 0 Å². The maximum absolute atomic E-state index is 6.28. The molecular weight excluding hydrogens is 266 g/mol. The van der Waals surface area contributed by atoms with Crippen molar-refractivity contribution in [1.82, 2.24) is 5.32 Å². The van der Waals surface area contributed by atoms with E-state index in [9.17, 15) is 0 Å². The van der Waals surface area contributed by atoms with Crippen LogP contribution in [-0.2, 0) is 4.74 Å². The summed E-state index contributed by atoms with van der Waals surface area (Å²) in [6.45, 7) is 1.01. The molecule has 2 saturated carbocycles. The SMILES string of the molecule is CNC(C1CC2CC2C1)C1CCOC2(CCSCC2)C1. The molecule has 20 heavy (non-hydrogen) atoms. The Balaban J connectivity index is 1.43. The lowest BCUT2D eigenvalue weighted by molar-refractivity contribution is -0.109. The molecule has 2 saturated heterocycles. The topological polar surface area (TPSA) is 21.3 Å². The summed E-state index contributed by atoms with van der Waals surface area (Å²) in [6.07, 6.45) is 9.76. The average Bonchev–Trinajstić information content (AvgIpc) is 3.08. The van der Waals surface area contributed by atoms with E-state index < -0.39 is 0 Å². The van der Waals surface area contributed by atoms with Gasteiger partial charge in [0.05, 0.1) is 5.60 Å². The van der Waals surface area contributed by atoms with Crippen LogP contribution in [0.4, 0.5) is 0 Å². The number of thioether (sulfide) groups is 1. The van der Waals surface area contributed by atoms with E-state index in [0.717, 1.165) is 36.3 Å². The molecule has 4 unspecified atom stereocenters. The van der Waals surface area contributed by atoms with Gasteiger partial charge in [0, 0.05) is 12.6 Å². The van der Waals surface area contributed by atoms with Gasteiger partial charge in [0.25, 0.3) is 0 Å². The molecule has 0 aromatic carbocycles. The summed E-state index contributed by atoms with van der Waals surface area (Å²) in [6, 6.07) is 0.762. The first-order valence-corrected chi connectivity index (χ1v) is 9.84. The summed E-state index contributed by atoms with van der Waals surface area (Å²) in [7, 11) is 2.20. The van der Waals surface area contributed by atoms with Crippen LogP contribution in [0.25, 0.3) is 0 Å². The monoisotopic (exact) mass is 295 g/mol. The molecule has 4 aliphatic rings. The highest BCUT2D eigenvalue weighted by Crippen LogP contribution is 2.56. The molecular formula is C17H29NOS. The van der Waals surface area contributed by atoms with Crippen molar-refractivity contribution in [2.24, 2.45) is 23.7 Å². The zero-order valence-corrected chi connectivity index (χ0v) is 13.6. The third-order valence-corrected chi connectivity index (χ3v) is 7.55. The van der Waals surface area contributed by atoms with Crippen LogP contribution >= 0.6 is 11.8 Å². The van der Waals surface area contributed by atoms with Crippen molar-refractivity contribution in [3.05, 3.63) is 0 Å². The molecule has 0 aromatic heterocycles. The molecule has 0 bridgehead atoms. The number of ether oxygens (including phenoxy) is 1. The van der Waals surface area contributed by atoms with E-state index in [4.69, 9.17) is 4.74 Å². The van der Waals surface area contributed by atoms with Crippen LogP contribution in [0.5, 0.6) is 0 Å². The number of rotatable bonds is 3. The van der Waals surface area contributed by atoms with E-state index in [0.29, 0.717) is 0 Å². The van der Waals surface area contributed by atoms with Crippen molar-refractivity contribution >= 4 is 11.8 Å². The lowest BCUT2D eigenvalue weighted by Crippen LogP contribution is -2.50. The third kappa shape index (κ3) is 2.55. The molecule has 1 N–H and O–H groups in total. The normalized spacial score (nSPS) is 44.2. The van der Waals surface area contributed by atoms with Gasteiger partial charge in [0.1, 0.15) is 0 Å². The van der Waals surface area contributed by atoms with E-state index in [1.165, 1.54) is 50.0 Å². The highest BCUT2D eigenvalue weighted by Gasteiger charge is 2.50. The Morgan fingerprint density at radius 3 is 2.55 bits per heavy atom. The van der Waals surface area contributed by atoms with Crippen LogP contribution in [0.2, 0.25) is 0 Å². The first-order valence-electron chi connectivity index (χ1n) is 8.69. The molecule has 0 aromatic rings. The van der Waals surface area contributed by atoms with E-state index in [-0.39, 0.29) is 5.60 Å². The minimum atomic E-state index is 0.255. The average molecular weight is 295 g/mol. The highest BCUT2D eigenvalue weighted by molar-refractivity contribution is 7.99. The maximum atomic E-state index is 6.28. The molecule has 1 spiro atoms. The van der Waals surface area contributed by atoms with Crippen molar-refractivity contribution in [2.75, 3.05) is 25.2 Å². The van der Waals surface area contributed by atoms with E-state index in [1.807, 2.05) is 0 Å². The highest BCUT2D eigenvalue weighted by atomic mass is 32.2. The number of fused-ring (bicyclic) bond motifs is 1. The molecule has 0 amide bonds. The molecule has 3 heteroatoms. The summed E-state index contributed by atoms with van der Waals surface area (Å²) < 4.78 is 6.28. The number of hydrogen-bond acceptors (Lipinski definition) is 3. The maximum Gasteiger partial charge on any atom is 0.0701 e. The van der Waals surface area contributed by atoms with E-state index in [2.05, 4.69) is 24.1 Å². The van der Waals surface area contributed by atoms with E-state index >= 15 is 0 Å². The molecule has 2 nitrogen and oxygen atoms in total. The fraction of sp³-hybridized carbons (Fsp3) is 1.00. The van der Waals surface area contributed by atoms with Crippen LogP contribution in [0.1, 0.15) is 44.9 Å². The Morgan fingerprint density at radius 1 is 1.10 bits per heavy atom. The second-order valence-corrected chi connectivity index (χ2v) is 8.92. The quantitative estimate of drug-likeness (QED) is 0.863. The summed E-state index contributed by atoms with van der Waals surface area (Å²) in [5, 5.41) is 3.72. The first kappa shape index (κ1) is 13.9. The summed E-state index contributed by atoms with van der Waals surface area (Å²) in [5.41, 5.74) is 0.255. The van der Waals surface area contributed by atoms with Crippen molar-refractivity contribution in [2.45, 2.75) is 56.6 Å². The van der Waals surface area contributed by atoms with Crippen molar-refractivity contribution in [3.8, 4) is 0 Å². The molecule has 0 radical (unpaired) electrons. The van der Waals surface area contributed by atoms with Crippen molar-refractivity contribution in [1.29, 1.82) is 0 Å². The lowest BCUT2D eigenvalue weighted by atomic mass is 9.74. The van der Waals surface area contributed by atoms with Crippen molar-refractivity contribution in [3.63, 3.8) is 0 Å². The minimum Gasteiger partial charge on any atom is -0.375 e. The third-order valence-electron chi connectivity index (χ3n) is 6.56. The molecule has 4 rings (SSSR count). The first-order chi connectivity index (χ1) is 9.80. The second-order valence-electron chi connectivity index (χ2n) is 7.70. The Kier molecular flexibility index (Phi) is 3.81. The molecule has 4 atom stereocenters. The summed E-state index contributed by atoms with van der Waals surface area (Å²) >= 11 is 2.11. The molecule has 2 aliphatic carbocycles. The molecule has 2 aliphatic heterocycles. The predicted octanol–water partition coefficient (Wildman–Crippen LogP) is 3.31. The summed E-state index contributed by atoms with van der Waals surface area (Å²) in [4.78, 5) is 0. The van der Waals surface area contributed by atoms with Gasteiger partial charge in [-0.2, -0.15) is 11.8 Å². The molecule has 4 fully saturated rings. The van der Waals surface area contributed by atoms with E-state index in [1.54, 1.807) is 6.42 Å². The smallest absolute Gasteiger partial charge is 0.0701 e. The standard InChI is InChI=1S/C17H29NOS/c1-18-16(15-9-13-8-14(13)10-15)12-2-5-19-17(11-12)3-6-20-7-4-17/h12-16,18H,2-11H2,1H3. The van der Waals surface area contributed by atoms with Gasteiger partial charge in [0.15, 0.2) is 0 Å². The Morgan fingerprint density at radius 2 is 1.85 bits per heavy atom. The van der Waals surface area contributed by atoms with Crippen LogP contribution in [-0.4, -0.2) is 36.8 Å². The Hall–Kier alpha value is 0.270. The zero-order chi connectivity index (χ0) is 13.6. The fourth-order valence-electron chi connectivity index (χ4n) is 5.38. The van der Waals surface area contributed by atoms with Gasteiger partial charge < -0.3 is 10.1 Å². The number of hydrogen-bond donors (Lipinski definition) is 1. The molecule has 114 valence electrons. The van der Waals surface area contributed by atoms with Crippen LogP contribution < -0.4 is 5.32 Å². The van der Waals surface area contributed by atoms with Gasteiger partial charge in [-0.1, -0.05) is 0 Å². The predicted molar refractivity (Wildman–Crippen MR) is 85.1 cm³/mol. The Labute approximate surface area is 127 Å². The van der Waals surface area contributed by atoms with Gasteiger partial charge in [-0.15, -0.1) is 0 Å². The van der Waals surface area contributed by atoms with Crippen LogP contribution in [0.3, 0.4) is 0 Å². The van der Waals surface area contributed by atoms with Crippen molar-refractivity contribution < 1.29 is 4.74 Å². The minimum absolute atomic E-state index is 0.255. The van der Waals surface area contributed by atoms with Gasteiger partial charge >= 0.3 is 0 Å². The second kappa shape index (κ2) is 5.48. The summed E-state index contributed by atoms with van der Waals surface area (Å²) in [5.74, 6) is 6.65. The largest absolute Gasteiger partial charge is 0.375 e. The number of nitrogens with one attached hydrogen (secondary N) is 1. The van der Waals surface area contributed by atoms with Gasteiger partial charge in [0.2, 0.25) is 0 Å². The van der Waals surface area contributed by atoms with Crippen LogP contribution in [0.15, 0.2) is 0 Å². The molecule has 2 heterocycles. The fourth-order valence-corrected chi connectivity index (χ4v) is 6.61. The van der Waals surface area contributed by atoms with Gasteiger partial charge in [-0.25, -0.2) is 0 Å². The lowest BCUT2D eigenvalue weighted by Gasteiger charge is -2.46.